The molecule has 0 aliphatic heterocycles. The molecular weight excluding hydrogens is 242 g/mol. The van der Waals surface area contributed by atoms with E-state index in [0.29, 0.717) is 12.5 Å². The van der Waals surface area contributed by atoms with Crippen LogP contribution in [0.1, 0.15) is 39.3 Å². The highest BCUT2D eigenvalue weighted by Gasteiger charge is 2.05. The van der Waals surface area contributed by atoms with Crippen LogP contribution >= 0.6 is 0 Å². The van der Waals surface area contributed by atoms with Crippen molar-refractivity contribution < 1.29 is 9.53 Å². The lowest BCUT2D eigenvalue weighted by Crippen LogP contribution is -2.19. The normalized spacial score (nSPS) is 10.9. The van der Waals surface area contributed by atoms with Crippen LogP contribution in [0.4, 0.5) is 0 Å². The van der Waals surface area contributed by atoms with E-state index in [1.165, 1.54) is 0 Å². The van der Waals surface area contributed by atoms with Gasteiger partial charge in [-0.15, -0.1) is 0 Å². The van der Waals surface area contributed by atoms with Gasteiger partial charge in [-0.05, 0) is 18.9 Å². The first-order valence-corrected chi connectivity index (χ1v) is 6.98. The number of nitrogens with one attached hydrogen (secondary N) is 1. The number of carbonyl (C=O) groups is 1. The molecule has 1 heterocycles. The van der Waals surface area contributed by atoms with Gasteiger partial charge in [0.2, 0.25) is 0 Å². The zero-order valence-corrected chi connectivity index (χ0v) is 12.2. The molecule has 0 atom stereocenters. The maximum Gasteiger partial charge on any atom is 0.325 e. The summed E-state index contributed by atoms with van der Waals surface area (Å²) in [6.45, 7) is 8.84. The maximum atomic E-state index is 11.5. The number of nitrogens with zero attached hydrogens (tertiary/aromatic N) is 2. The molecule has 1 aromatic heterocycles. The SMILES string of the molecule is CCCCOC(=O)Cn1cnc(CNCC(C)C)c1. The van der Waals surface area contributed by atoms with Crippen LogP contribution in [0.25, 0.3) is 0 Å². The Morgan fingerprint density at radius 3 is 3.00 bits per heavy atom. The van der Waals surface area contributed by atoms with Crippen LogP contribution < -0.4 is 5.32 Å². The van der Waals surface area contributed by atoms with Crippen molar-refractivity contribution in [2.45, 2.75) is 46.7 Å². The van der Waals surface area contributed by atoms with Gasteiger partial charge in [-0.3, -0.25) is 4.79 Å². The van der Waals surface area contributed by atoms with E-state index in [9.17, 15) is 4.79 Å². The lowest BCUT2D eigenvalue weighted by Gasteiger charge is -2.05. The first kappa shape index (κ1) is 15.7. The molecule has 5 nitrogen and oxygen atoms in total. The molecular formula is C14H25N3O2. The third-order valence-electron chi connectivity index (χ3n) is 2.62. The average molecular weight is 267 g/mol. The van der Waals surface area contributed by atoms with Crippen molar-refractivity contribution in [2.24, 2.45) is 5.92 Å². The fraction of sp³-hybridized carbons (Fsp3) is 0.714. The summed E-state index contributed by atoms with van der Waals surface area (Å²) in [4.78, 5) is 15.8. The Morgan fingerprint density at radius 2 is 2.32 bits per heavy atom. The van der Waals surface area contributed by atoms with Crippen LogP contribution in [0.3, 0.4) is 0 Å². The minimum Gasteiger partial charge on any atom is -0.464 e. The highest BCUT2D eigenvalue weighted by atomic mass is 16.5. The molecule has 0 fully saturated rings. The standard InChI is InChI=1S/C14H25N3O2/c1-4-5-6-19-14(18)10-17-9-13(16-11-17)8-15-7-12(2)3/h9,11-12,15H,4-8,10H2,1-3H3. The second-order valence-corrected chi connectivity index (χ2v) is 5.14. The predicted molar refractivity (Wildman–Crippen MR) is 74.6 cm³/mol. The lowest BCUT2D eigenvalue weighted by molar-refractivity contribution is -0.144. The fourth-order valence-corrected chi connectivity index (χ4v) is 1.60. The van der Waals surface area contributed by atoms with Gasteiger partial charge in [0, 0.05) is 12.7 Å². The second-order valence-electron chi connectivity index (χ2n) is 5.14. The molecule has 0 aromatic carbocycles. The molecule has 0 spiro atoms. The molecule has 0 bridgehead atoms. The van der Waals surface area contributed by atoms with Crippen molar-refractivity contribution in [1.82, 2.24) is 14.9 Å². The van der Waals surface area contributed by atoms with Crippen molar-refractivity contribution in [2.75, 3.05) is 13.2 Å². The molecule has 0 amide bonds. The molecule has 0 radical (unpaired) electrons. The van der Waals surface area contributed by atoms with E-state index in [1.807, 2.05) is 6.20 Å². The Kier molecular flexibility index (Phi) is 7.18. The second kappa shape index (κ2) is 8.69. The average Bonchev–Trinajstić information content (AvgIpc) is 2.76. The van der Waals surface area contributed by atoms with Crippen molar-refractivity contribution in [3.63, 3.8) is 0 Å². The Bertz CT molecular complexity index is 375. The topological polar surface area (TPSA) is 56.2 Å². The van der Waals surface area contributed by atoms with Gasteiger partial charge in [0.25, 0.3) is 0 Å². The molecule has 0 aliphatic carbocycles. The molecule has 0 unspecified atom stereocenters. The van der Waals surface area contributed by atoms with E-state index in [-0.39, 0.29) is 12.5 Å². The third kappa shape index (κ3) is 6.96. The van der Waals surface area contributed by atoms with E-state index in [1.54, 1.807) is 10.9 Å². The number of hydrogen-bond acceptors (Lipinski definition) is 4. The van der Waals surface area contributed by atoms with E-state index >= 15 is 0 Å². The molecule has 19 heavy (non-hydrogen) atoms. The summed E-state index contributed by atoms with van der Waals surface area (Å²) < 4.78 is 6.87. The summed E-state index contributed by atoms with van der Waals surface area (Å²) >= 11 is 0. The van der Waals surface area contributed by atoms with Crippen molar-refractivity contribution in [3.05, 3.63) is 18.2 Å². The van der Waals surface area contributed by atoms with Crippen molar-refractivity contribution >= 4 is 5.97 Å². The van der Waals surface area contributed by atoms with Crippen LogP contribution in [-0.2, 0) is 22.6 Å². The van der Waals surface area contributed by atoms with Crippen LogP contribution in [0, 0.1) is 5.92 Å². The summed E-state index contributed by atoms with van der Waals surface area (Å²) in [6, 6.07) is 0. The summed E-state index contributed by atoms with van der Waals surface area (Å²) in [7, 11) is 0. The molecule has 0 aliphatic rings. The minimum absolute atomic E-state index is 0.201. The molecule has 108 valence electrons. The number of carbonyl (C=O) groups excluding carboxylic acids is 1. The van der Waals surface area contributed by atoms with Crippen molar-refractivity contribution in [1.29, 1.82) is 0 Å². The van der Waals surface area contributed by atoms with Gasteiger partial charge in [-0.1, -0.05) is 27.2 Å². The minimum atomic E-state index is -0.201. The number of hydrogen-bond donors (Lipinski definition) is 1. The zero-order valence-electron chi connectivity index (χ0n) is 12.2. The number of esters is 1. The lowest BCUT2D eigenvalue weighted by atomic mass is 10.2. The molecule has 5 heteroatoms. The summed E-state index contributed by atoms with van der Waals surface area (Å²) in [5, 5.41) is 3.32. The summed E-state index contributed by atoms with van der Waals surface area (Å²) in [5.41, 5.74) is 0.946. The Morgan fingerprint density at radius 1 is 1.53 bits per heavy atom. The van der Waals surface area contributed by atoms with Crippen LogP contribution in [0.5, 0.6) is 0 Å². The Balaban J connectivity index is 2.27. The molecule has 1 rings (SSSR count). The fourth-order valence-electron chi connectivity index (χ4n) is 1.60. The first-order valence-electron chi connectivity index (χ1n) is 6.98. The third-order valence-corrected chi connectivity index (χ3v) is 2.62. The largest absolute Gasteiger partial charge is 0.464 e. The zero-order chi connectivity index (χ0) is 14.1. The maximum absolute atomic E-state index is 11.5. The number of ether oxygens (including phenoxy) is 1. The smallest absolute Gasteiger partial charge is 0.325 e. The highest BCUT2D eigenvalue weighted by Crippen LogP contribution is 1.98. The van der Waals surface area contributed by atoms with Gasteiger partial charge in [0.15, 0.2) is 0 Å². The van der Waals surface area contributed by atoms with Crippen LogP contribution in [0.15, 0.2) is 12.5 Å². The van der Waals surface area contributed by atoms with Gasteiger partial charge in [-0.25, -0.2) is 4.98 Å². The highest BCUT2D eigenvalue weighted by molar-refractivity contribution is 5.69. The van der Waals surface area contributed by atoms with E-state index in [4.69, 9.17) is 4.74 Å². The number of aromatic nitrogens is 2. The Hall–Kier alpha value is -1.36. The van der Waals surface area contributed by atoms with Gasteiger partial charge >= 0.3 is 5.97 Å². The van der Waals surface area contributed by atoms with E-state index in [0.717, 1.165) is 31.6 Å². The number of unbranched alkanes of at least 4 members (excludes halogenated alkanes) is 1. The summed E-state index contributed by atoms with van der Waals surface area (Å²) in [6.07, 6.45) is 5.51. The van der Waals surface area contributed by atoms with Crippen molar-refractivity contribution in [3.8, 4) is 0 Å². The predicted octanol–water partition coefficient (Wildman–Crippen LogP) is 1.97. The van der Waals surface area contributed by atoms with Gasteiger partial charge in [0.1, 0.15) is 6.54 Å². The monoisotopic (exact) mass is 267 g/mol. The van der Waals surface area contributed by atoms with E-state index < -0.39 is 0 Å². The Labute approximate surface area is 115 Å². The first-order chi connectivity index (χ1) is 9.11. The quantitative estimate of drug-likeness (QED) is 0.549. The van der Waals surface area contributed by atoms with Crippen LogP contribution in [0.2, 0.25) is 0 Å². The summed E-state index contributed by atoms with van der Waals surface area (Å²) in [5.74, 6) is 0.420. The van der Waals surface area contributed by atoms with E-state index in [2.05, 4.69) is 31.1 Å². The van der Waals surface area contributed by atoms with Crippen LogP contribution in [-0.4, -0.2) is 28.7 Å². The van der Waals surface area contributed by atoms with Gasteiger partial charge in [0.05, 0.1) is 18.6 Å². The molecule has 1 aromatic rings. The molecule has 1 N–H and O–H groups in total. The number of imidazole rings is 1. The van der Waals surface area contributed by atoms with Gasteiger partial charge in [-0.2, -0.15) is 0 Å². The molecule has 0 saturated heterocycles. The molecule has 0 saturated carbocycles. The number of rotatable bonds is 9. The van der Waals surface area contributed by atoms with Gasteiger partial charge < -0.3 is 14.6 Å².